The van der Waals surface area contributed by atoms with Crippen LogP contribution in [-0.4, -0.2) is 31.4 Å². The van der Waals surface area contributed by atoms with E-state index in [1.807, 2.05) is 48.2 Å². The normalized spacial score (nSPS) is 16.6. The van der Waals surface area contributed by atoms with Gasteiger partial charge in [0, 0.05) is 16.7 Å². The van der Waals surface area contributed by atoms with Crippen LogP contribution < -0.4 is 15.0 Å². The van der Waals surface area contributed by atoms with Gasteiger partial charge in [-0.1, -0.05) is 31.2 Å². The van der Waals surface area contributed by atoms with Crippen LogP contribution in [0.15, 0.2) is 53.4 Å². The summed E-state index contributed by atoms with van der Waals surface area (Å²) in [6.45, 7) is 3.38. The highest BCUT2D eigenvalue weighted by molar-refractivity contribution is 8.00. The molecule has 0 aromatic heterocycles. The van der Waals surface area contributed by atoms with Crippen molar-refractivity contribution in [2.24, 2.45) is 0 Å². The molecule has 1 aliphatic heterocycles. The van der Waals surface area contributed by atoms with E-state index in [0.717, 1.165) is 12.2 Å². The number of fused-ring (bicyclic) bond motifs is 1. The average Bonchev–Trinajstić information content (AvgIpc) is 2.55. The third-order valence-corrected chi connectivity index (χ3v) is 4.88. The summed E-state index contributed by atoms with van der Waals surface area (Å²) in [6.07, 6.45) is 0. The Morgan fingerprint density at radius 1 is 1.26 bits per heavy atom. The van der Waals surface area contributed by atoms with Crippen molar-refractivity contribution < 1.29 is 9.53 Å². The second-order valence-corrected chi connectivity index (χ2v) is 7.01. The third-order valence-electron chi connectivity index (χ3n) is 3.73. The number of carbonyl (C=O) groups is 1. The van der Waals surface area contributed by atoms with Gasteiger partial charge in [-0.05, 0) is 24.3 Å². The molecule has 1 heterocycles. The minimum absolute atomic E-state index is 0.0385. The van der Waals surface area contributed by atoms with E-state index in [-0.39, 0.29) is 5.91 Å². The van der Waals surface area contributed by atoms with Gasteiger partial charge in [-0.15, -0.1) is 11.8 Å². The first-order chi connectivity index (χ1) is 11.2. The maximum absolute atomic E-state index is 12.5. The number of amides is 1. The van der Waals surface area contributed by atoms with Gasteiger partial charge in [0.2, 0.25) is 5.91 Å². The number of ether oxygens (including phenoxy) is 1. The molecule has 1 amide bonds. The number of methoxy groups -OCH3 is 1. The van der Waals surface area contributed by atoms with Crippen molar-refractivity contribution in [1.29, 1.82) is 0 Å². The van der Waals surface area contributed by atoms with Crippen molar-refractivity contribution in [2.75, 3.05) is 30.4 Å². The van der Waals surface area contributed by atoms with Crippen LogP contribution >= 0.6 is 11.8 Å². The summed E-state index contributed by atoms with van der Waals surface area (Å²) in [5.41, 5.74) is 1.83. The van der Waals surface area contributed by atoms with Crippen LogP contribution in [0.25, 0.3) is 0 Å². The van der Waals surface area contributed by atoms with Crippen molar-refractivity contribution in [2.45, 2.75) is 17.1 Å². The highest BCUT2D eigenvalue weighted by atomic mass is 32.2. The largest absolute Gasteiger partial charge is 0.495 e. The van der Waals surface area contributed by atoms with Gasteiger partial charge in [0.1, 0.15) is 5.75 Å². The van der Waals surface area contributed by atoms with Crippen LogP contribution in [0.1, 0.15) is 6.92 Å². The Kier molecular flexibility index (Phi) is 4.76. The molecule has 0 fully saturated rings. The van der Waals surface area contributed by atoms with Gasteiger partial charge in [-0.3, -0.25) is 4.79 Å². The second kappa shape index (κ2) is 6.96. The first-order valence-corrected chi connectivity index (χ1v) is 8.49. The molecular weight excluding hydrogens is 308 g/mol. The molecule has 5 heteroatoms. The van der Waals surface area contributed by atoms with Gasteiger partial charge in [0.25, 0.3) is 0 Å². The van der Waals surface area contributed by atoms with E-state index in [4.69, 9.17) is 4.74 Å². The van der Waals surface area contributed by atoms with Gasteiger partial charge in [0.05, 0.1) is 25.0 Å². The number of hydrogen-bond acceptors (Lipinski definition) is 4. The van der Waals surface area contributed by atoms with E-state index in [1.165, 1.54) is 4.90 Å². The predicted octanol–water partition coefficient (Wildman–Crippen LogP) is 3.63. The SMILES string of the molecule is COc1ccccc1NC(=O)CN1CC(C)Sc2ccccc21. The summed E-state index contributed by atoms with van der Waals surface area (Å²) in [7, 11) is 1.60. The lowest BCUT2D eigenvalue weighted by Crippen LogP contribution is -2.39. The molecule has 2 aromatic carbocycles. The first kappa shape index (κ1) is 15.7. The van der Waals surface area contributed by atoms with E-state index in [9.17, 15) is 4.79 Å². The first-order valence-electron chi connectivity index (χ1n) is 7.61. The summed E-state index contributed by atoms with van der Waals surface area (Å²) in [4.78, 5) is 15.8. The topological polar surface area (TPSA) is 41.6 Å². The van der Waals surface area contributed by atoms with Crippen molar-refractivity contribution >= 4 is 29.0 Å². The maximum Gasteiger partial charge on any atom is 0.243 e. The fourth-order valence-corrected chi connectivity index (χ4v) is 3.90. The average molecular weight is 328 g/mol. The molecule has 1 N–H and O–H groups in total. The van der Waals surface area contributed by atoms with Crippen LogP contribution in [0, 0.1) is 0 Å². The van der Waals surface area contributed by atoms with Crippen LogP contribution in [0.2, 0.25) is 0 Å². The molecule has 23 heavy (non-hydrogen) atoms. The summed E-state index contributed by atoms with van der Waals surface area (Å²) >= 11 is 1.86. The molecule has 0 saturated heterocycles. The summed E-state index contributed by atoms with van der Waals surface area (Å²) in [5, 5.41) is 3.40. The van der Waals surface area contributed by atoms with Gasteiger partial charge < -0.3 is 15.0 Å². The Balaban J connectivity index is 1.73. The monoisotopic (exact) mass is 328 g/mol. The number of carbonyl (C=O) groups excluding carboxylic acids is 1. The molecule has 3 rings (SSSR count). The van der Waals surface area contributed by atoms with Crippen LogP contribution in [0.5, 0.6) is 5.75 Å². The Hall–Kier alpha value is -2.14. The van der Waals surface area contributed by atoms with Crippen molar-refractivity contribution in [3.05, 3.63) is 48.5 Å². The lowest BCUT2D eigenvalue weighted by Gasteiger charge is -2.33. The summed E-state index contributed by atoms with van der Waals surface area (Å²) in [6, 6.07) is 15.7. The van der Waals surface area contributed by atoms with E-state index in [1.54, 1.807) is 7.11 Å². The number of benzene rings is 2. The molecule has 1 aliphatic rings. The Morgan fingerprint density at radius 3 is 2.83 bits per heavy atom. The number of rotatable bonds is 4. The van der Waals surface area contributed by atoms with Crippen LogP contribution in [-0.2, 0) is 4.79 Å². The van der Waals surface area contributed by atoms with Crippen molar-refractivity contribution in [3.63, 3.8) is 0 Å². The summed E-state index contributed by atoms with van der Waals surface area (Å²) < 4.78 is 5.28. The number of para-hydroxylation sites is 3. The number of thioether (sulfide) groups is 1. The minimum atomic E-state index is -0.0385. The number of nitrogens with zero attached hydrogens (tertiary/aromatic N) is 1. The quantitative estimate of drug-likeness (QED) is 0.930. The molecule has 0 saturated carbocycles. The maximum atomic E-state index is 12.5. The zero-order valence-electron chi connectivity index (χ0n) is 13.3. The molecule has 2 aromatic rings. The standard InChI is InChI=1S/C18H20N2O2S/c1-13-11-20(15-8-4-6-10-17(15)23-13)12-18(21)19-14-7-3-5-9-16(14)22-2/h3-10,13H,11-12H2,1-2H3,(H,19,21). The lowest BCUT2D eigenvalue weighted by atomic mass is 10.2. The zero-order chi connectivity index (χ0) is 16.2. The van der Waals surface area contributed by atoms with Gasteiger partial charge in [-0.25, -0.2) is 0 Å². The fourth-order valence-electron chi connectivity index (χ4n) is 2.74. The van der Waals surface area contributed by atoms with Crippen LogP contribution in [0.4, 0.5) is 11.4 Å². The molecule has 1 atom stereocenters. The lowest BCUT2D eigenvalue weighted by molar-refractivity contribution is -0.115. The number of anilines is 2. The number of nitrogens with one attached hydrogen (secondary N) is 1. The van der Waals surface area contributed by atoms with Gasteiger partial charge in [-0.2, -0.15) is 0 Å². The molecule has 0 bridgehead atoms. The van der Waals surface area contributed by atoms with E-state index in [2.05, 4.69) is 29.3 Å². The fraction of sp³-hybridized carbons (Fsp3) is 0.278. The van der Waals surface area contributed by atoms with E-state index >= 15 is 0 Å². The molecule has 0 radical (unpaired) electrons. The smallest absolute Gasteiger partial charge is 0.243 e. The highest BCUT2D eigenvalue weighted by Gasteiger charge is 2.23. The molecule has 1 unspecified atom stereocenters. The third kappa shape index (κ3) is 3.62. The van der Waals surface area contributed by atoms with Gasteiger partial charge >= 0.3 is 0 Å². The highest BCUT2D eigenvalue weighted by Crippen LogP contribution is 2.37. The Labute approximate surface area is 140 Å². The Bertz CT molecular complexity index is 705. The molecule has 120 valence electrons. The second-order valence-electron chi connectivity index (χ2n) is 5.53. The van der Waals surface area contributed by atoms with E-state index in [0.29, 0.717) is 23.2 Å². The zero-order valence-corrected chi connectivity index (χ0v) is 14.1. The van der Waals surface area contributed by atoms with Crippen molar-refractivity contribution in [3.8, 4) is 5.75 Å². The minimum Gasteiger partial charge on any atom is -0.495 e. The van der Waals surface area contributed by atoms with Gasteiger partial charge in [0.15, 0.2) is 0 Å². The predicted molar refractivity (Wildman–Crippen MR) is 95.6 cm³/mol. The van der Waals surface area contributed by atoms with E-state index < -0.39 is 0 Å². The summed E-state index contributed by atoms with van der Waals surface area (Å²) in [5.74, 6) is 0.632. The molecular formula is C18H20N2O2S. The Morgan fingerprint density at radius 2 is 2.00 bits per heavy atom. The van der Waals surface area contributed by atoms with Crippen molar-refractivity contribution in [1.82, 2.24) is 0 Å². The number of hydrogen-bond donors (Lipinski definition) is 1. The molecule has 4 nitrogen and oxygen atoms in total. The molecule has 0 spiro atoms. The molecule has 0 aliphatic carbocycles. The van der Waals surface area contributed by atoms with Crippen LogP contribution in [0.3, 0.4) is 0 Å².